The van der Waals surface area contributed by atoms with Crippen molar-refractivity contribution in [1.82, 2.24) is 14.7 Å². The lowest BCUT2D eigenvalue weighted by Gasteiger charge is -2.18. The van der Waals surface area contributed by atoms with Crippen LogP contribution in [0, 0.1) is 0 Å². The zero-order valence-electron chi connectivity index (χ0n) is 11.8. The SMILES string of the molecule is CCCN1CCC/C1=C\C=C1/C(=O)N(C)C(=S)N1C. The predicted octanol–water partition coefficient (Wildman–Crippen LogP) is 1.95. The van der Waals surface area contributed by atoms with Crippen LogP contribution in [0.25, 0.3) is 0 Å². The van der Waals surface area contributed by atoms with E-state index in [1.54, 1.807) is 11.9 Å². The average Bonchev–Trinajstić information content (AvgIpc) is 2.90. The van der Waals surface area contributed by atoms with Crippen LogP contribution in [0.5, 0.6) is 0 Å². The molecule has 2 aliphatic heterocycles. The Morgan fingerprint density at radius 2 is 2.00 bits per heavy atom. The first-order chi connectivity index (χ1) is 9.06. The highest BCUT2D eigenvalue weighted by Gasteiger charge is 2.32. The summed E-state index contributed by atoms with van der Waals surface area (Å²) in [7, 11) is 3.56. The van der Waals surface area contributed by atoms with Crippen LogP contribution in [0.2, 0.25) is 0 Å². The lowest BCUT2D eigenvalue weighted by Crippen LogP contribution is -2.26. The van der Waals surface area contributed by atoms with E-state index in [1.807, 2.05) is 13.1 Å². The van der Waals surface area contributed by atoms with Gasteiger partial charge in [0, 0.05) is 32.9 Å². The third kappa shape index (κ3) is 2.66. The molecule has 0 unspecified atom stereocenters. The van der Waals surface area contributed by atoms with E-state index in [9.17, 15) is 4.79 Å². The Labute approximate surface area is 120 Å². The Bertz CT molecular complexity index is 456. The summed E-state index contributed by atoms with van der Waals surface area (Å²) < 4.78 is 0. The van der Waals surface area contributed by atoms with Crippen LogP contribution in [0.4, 0.5) is 0 Å². The van der Waals surface area contributed by atoms with Crippen LogP contribution < -0.4 is 0 Å². The van der Waals surface area contributed by atoms with Crippen molar-refractivity contribution < 1.29 is 4.79 Å². The molecule has 0 N–H and O–H groups in total. The number of carbonyl (C=O) groups is 1. The first-order valence-electron chi connectivity index (χ1n) is 6.77. The Hall–Kier alpha value is -1.36. The van der Waals surface area contributed by atoms with E-state index in [4.69, 9.17) is 12.2 Å². The van der Waals surface area contributed by atoms with Gasteiger partial charge in [-0.2, -0.15) is 0 Å². The minimum Gasteiger partial charge on any atom is -0.375 e. The van der Waals surface area contributed by atoms with Crippen molar-refractivity contribution in [2.24, 2.45) is 0 Å². The van der Waals surface area contributed by atoms with Gasteiger partial charge in [-0.15, -0.1) is 0 Å². The average molecular weight is 279 g/mol. The molecular formula is C14H21N3OS. The fourth-order valence-corrected chi connectivity index (χ4v) is 2.74. The second-order valence-electron chi connectivity index (χ2n) is 5.01. The number of rotatable bonds is 3. The standard InChI is InChI=1S/C14H21N3OS/c1-4-9-17-10-5-6-11(17)7-8-12-13(18)16(3)14(19)15(12)2/h7-8H,4-6,9-10H2,1-3H3/b11-7+,12-8+. The number of likely N-dealkylation sites (tertiary alicyclic amines) is 1. The number of allylic oxidation sites excluding steroid dienone is 3. The second kappa shape index (κ2) is 5.74. The molecule has 2 heterocycles. The number of thiocarbonyl (C=S) groups is 1. The molecule has 2 aliphatic rings. The molecule has 0 atom stereocenters. The van der Waals surface area contributed by atoms with E-state index in [0.29, 0.717) is 10.8 Å². The van der Waals surface area contributed by atoms with Gasteiger partial charge >= 0.3 is 0 Å². The largest absolute Gasteiger partial charge is 0.375 e. The van der Waals surface area contributed by atoms with E-state index < -0.39 is 0 Å². The molecule has 0 aromatic carbocycles. The molecule has 0 bridgehead atoms. The third-order valence-corrected chi connectivity index (χ3v) is 4.20. The minimum absolute atomic E-state index is 0.0237. The van der Waals surface area contributed by atoms with Crippen LogP contribution in [-0.2, 0) is 4.79 Å². The maximum Gasteiger partial charge on any atom is 0.276 e. The molecule has 0 aliphatic carbocycles. The normalized spacial score (nSPS) is 24.5. The first kappa shape index (κ1) is 14.1. The second-order valence-corrected chi connectivity index (χ2v) is 5.37. The molecule has 0 aromatic heterocycles. The third-order valence-electron chi connectivity index (χ3n) is 3.65. The van der Waals surface area contributed by atoms with E-state index in [1.165, 1.54) is 17.0 Å². The van der Waals surface area contributed by atoms with Gasteiger partial charge in [0.2, 0.25) is 0 Å². The topological polar surface area (TPSA) is 26.8 Å². The molecule has 2 fully saturated rings. The van der Waals surface area contributed by atoms with Crippen molar-refractivity contribution in [3.05, 3.63) is 23.5 Å². The maximum absolute atomic E-state index is 12.0. The summed E-state index contributed by atoms with van der Waals surface area (Å²) in [5.41, 5.74) is 1.99. The Balaban J connectivity index is 2.18. The summed E-state index contributed by atoms with van der Waals surface area (Å²) in [6.07, 6.45) is 7.44. The van der Waals surface area contributed by atoms with Gasteiger partial charge < -0.3 is 9.80 Å². The number of hydrogen-bond donors (Lipinski definition) is 0. The summed E-state index contributed by atoms with van der Waals surface area (Å²) in [5.74, 6) is -0.0237. The molecule has 19 heavy (non-hydrogen) atoms. The highest BCUT2D eigenvalue weighted by molar-refractivity contribution is 7.80. The van der Waals surface area contributed by atoms with Gasteiger partial charge in [-0.05, 0) is 43.6 Å². The Kier molecular flexibility index (Phi) is 4.24. The van der Waals surface area contributed by atoms with Crippen molar-refractivity contribution in [3.8, 4) is 0 Å². The highest BCUT2D eigenvalue weighted by Crippen LogP contribution is 2.23. The molecule has 0 saturated carbocycles. The molecule has 104 valence electrons. The van der Waals surface area contributed by atoms with E-state index in [2.05, 4.69) is 17.9 Å². The fourth-order valence-electron chi connectivity index (χ4n) is 2.56. The number of amides is 1. The summed E-state index contributed by atoms with van der Waals surface area (Å²) >= 11 is 5.19. The van der Waals surface area contributed by atoms with Gasteiger partial charge in [-0.1, -0.05) is 6.92 Å². The predicted molar refractivity (Wildman–Crippen MR) is 80.4 cm³/mol. The number of carbonyl (C=O) groups excluding carboxylic acids is 1. The molecule has 0 aromatic rings. The van der Waals surface area contributed by atoms with Crippen LogP contribution in [-0.4, -0.2) is 52.9 Å². The van der Waals surface area contributed by atoms with E-state index in [0.717, 1.165) is 25.9 Å². The number of likely N-dealkylation sites (N-methyl/N-ethyl adjacent to an activating group) is 2. The Morgan fingerprint density at radius 3 is 2.58 bits per heavy atom. The number of hydrogen-bond acceptors (Lipinski definition) is 3. The molecule has 4 nitrogen and oxygen atoms in total. The molecule has 0 radical (unpaired) electrons. The maximum atomic E-state index is 12.0. The van der Waals surface area contributed by atoms with Gasteiger partial charge in [-0.25, -0.2) is 0 Å². The van der Waals surface area contributed by atoms with Crippen molar-refractivity contribution in [2.75, 3.05) is 27.2 Å². The molecular weight excluding hydrogens is 258 g/mol. The van der Waals surface area contributed by atoms with Crippen molar-refractivity contribution in [1.29, 1.82) is 0 Å². The fraction of sp³-hybridized carbons (Fsp3) is 0.571. The van der Waals surface area contributed by atoms with Gasteiger partial charge in [0.15, 0.2) is 5.11 Å². The monoisotopic (exact) mass is 279 g/mol. The highest BCUT2D eigenvalue weighted by atomic mass is 32.1. The van der Waals surface area contributed by atoms with Crippen LogP contribution in [0.3, 0.4) is 0 Å². The van der Waals surface area contributed by atoms with Crippen molar-refractivity contribution >= 4 is 23.2 Å². The van der Waals surface area contributed by atoms with Gasteiger partial charge in [0.25, 0.3) is 5.91 Å². The van der Waals surface area contributed by atoms with Gasteiger partial charge in [0.1, 0.15) is 5.70 Å². The van der Waals surface area contributed by atoms with Crippen LogP contribution in [0.1, 0.15) is 26.2 Å². The summed E-state index contributed by atoms with van der Waals surface area (Å²) in [6, 6.07) is 0. The van der Waals surface area contributed by atoms with E-state index >= 15 is 0 Å². The lowest BCUT2D eigenvalue weighted by atomic mass is 10.2. The quantitative estimate of drug-likeness (QED) is 0.583. The van der Waals surface area contributed by atoms with Gasteiger partial charge in [0.05, 0.1) is 0 Å². The molecule has 2 saturated heterocycles. The minimum atomic E-state index is -0.0237. The zero-order valence-corrected chi connectivity index (χ0v) is 12.7. The molecule has 0 spiro atoms. The molecule has 5 heteroatoms. The number of nitrogens with zero attached hydrogens (tertiary/aromatic N) is 3. The van der Waals surface area contributed by atoms with Crippen molar-refractivity contribution in [2.45, 2.75) is 26.2 Å². The van der Waals surface area contributed by atoms with Crippen LogP contribution in [0.15, 0.2) is 23.5 Å². The lowest BCUT2D eigenvalue weighted by molar-refractivity contribution is -0.121. The van der Waals surface area contributed by atoms with E-state index in [-0.39, 0.29) is 5.91 Å². The summed E-state index contributed by atoms with van der Waals surface area (Å²) in [6.45, 7) is 4.41. The Morgan fingerprint density at radius 1 is 1.26 bits per heavy atom. The zero-order chi connectivity index (χ0) is 14.0. The van der Waals surface area contributed by atoms with Crippen molar-refractivity contribution in [3.63, 3.8) is 0 Å². The summed E-state index contributed by atoms with van der Waals surface area (Å²) in [4.78, 5) is 17.7. The van der Waals surface area contributed by atoms with Gasteiger partial charge in [-0.3, -0.25) is 9.69 Å². The summed E-state index contributed by atoms with van der Waals surface area (Å²) in [5, 5.41) is 0.562. The molecule has 2 rings (SSSR count). The van der Waals surface area contributed by atoms with Crippen LogP contribution >= 0.6 is 12.2 Å². The first-order valence-corrected chi connectivity index (χ1v) is 7.18. The smallest absolute Gasteiger partial charge is 0.276 e. The molecule has 1 amide bonds.